The van der Waals surface area contributed by atoms with E-state index in [0.29, 0.717) is 0 Å². The number of ether oxygens (including phenoxy) is 2. The molecule has 0 amide bonds. The number of rotatable bonds is 6. The first-order valence-corrected chi connectivity index (χ1v) is 5.05. The molecule has 0 heterocycles. The van der Waals surface area contributed by atoms with Crippen LogP contribution >= 0.6 is 11.6 Å². The van der Waals surface area contributed by atoms with Crippen LogP contribution in [0, 0.1) is 0 Å². The summed E-state index contributed by atoms with van der Waals surface area (Å²) in [6.07, 6.45) is 1.35. The summed E-state index contributed by atoms with van der Waals surface area (Å²) >= 11 is 5.88. The Morgan fingerprint density at radius 1 is 1.27 bits per heavy atom. The molecule has 5 heteroatoms. The normalized spacial score (nSPS) is 10.6. The number of hydrogen-bond acceptors (Lipinski definition) is 4. The van der Waals surface area contributed by atoms with Crippen molar-refractivity contribution < 1.29 is 19.1 Å². The summed E-state index contributed by atoms with van der Waals surface area (Å²) in [5.74, 6) is -1.60. The smallest absolute Gasteiger partial charge is 0.339 e. The minimum atomic E-state index is -1.80. The van der Waals surface area contributed by atoms with Crippen LogP contribution in [0.3, 0.4) is 0 Å². The largest absolute Gasteiger partial charge is 0.464 e. The van der Waals surface area contributed by atoms with Gasteiger partial charge < -0.3 is 9.47 Å². The average molecular weight is 235 g/mol. The van der Waals surface area contributed by atoms with Crippen molar-refractivity contribution in [3.8, 4) is 0 Å². The van der Waals surface area contributed by atoms with E-state index >= 15 is 0 Å². The third-order valence-electron chi connectivity index (χ3n) is 1.62. The molecule has 0 aliphatic heterocycles. The number of allylic oxidation sites excluding steroid dienone is 1. The summed E-state index contributed by atoms with van der Waals surface area (Å²) < 4.78 is 9.42. The number of hydrogen-bond donors (Lipinski definition) is 0. The highest BCUT2D eigenvalue weighted by Crippen LogP contribution is 2.24. The summed E-state index contributed by atoms with van der Waals surface area (Å²) in [6, 6.07) is 0. The Labute approximate surface area is 94.2 Å². The first-order valence-electron chi connectivity index (χ1n) is 4.67. The fraction of sp³-hybridized carbons (Fsp3) is 0.600. The highest BCUT2D eigenvalue weighted by atomic mass is 35.5. The third-order valence-corrected chi connectivity index (χ3v) is 2.09. The van der Waals surface area contributed by atoms with E-state index in [9.17, 15) is 9.59 Å². The van der Waals surface area contributed by atoms with Gasteiger partial charge >= 0.3 is 11.9 Å². The van der Waals surface area contributed by atoms with Gasteiger partial charge in [-0.3, -0.25) is 0 Å². The summed E-state index contributed by atoms with van der Waals surface area (Å²) in [5, 5.41) is 0. The zero-order valence-electron chi connectivity index (χ0n) is 8.92. The Bertz CT molecular complexity index is 232. The SMILES string of the molecule is C=CCC(Cl)(C(=O)OCC)C(=O)OCC. The summed E-state index contributed by atoms with van der Waals surface area (Å²) in [5.41, 5.74) is 0. The Kier molecular flexibility index (Phi) is 6.01. The van der Waals surface area contributed by atoms with Gasteiger partial charge in [-0.25, -0.2) is 9.59 Å². The molecule has 0 aliphatic carbocycles. The van der Waals surface area contributed by atoms with Crippen LogP contribution < -0.4 is 0 Å². The molecule has 0 fully saturated rings. The molecule has 0 bridgehead atoms. The van der Waals surface area contributed by atoms with E-state index < -0.39 is 16.8 Å². The van der Waals surface area contributed by atoms with Crippen molar-refractivity contribution in [2.24, 2.45) is 0 Å². The highest BCUT2D eigenvalue weighted by Gasteiger charge is 2.46. The van der Waals surface area contributed by atoms with Gasteiger partial charge in [0.2, 0.25) is 4.87 Å². The molecule has 0 saturated carbocycles. The number of carbonyl (C=O) groups excluding carboxylic acids is 2. The summed E-state index contributed by atoms with van der Waals surface area (Å²) in [4.78, 5) is 21.1. The van der Waals surface area contributed by atoms with Crippen molar-refractivity contribution in [2.75, 3.05) is 13.2 Å². The molecular formula is C10H15ClO4. The lowest BCUT2D eigenvalue weighted by molar-refractivity contribution is -0.159. The van der Waals surface area contributed by atoms with Crippen LogP contribution in [0.1, 0.15) is 20.3 Å². The van der Waals surface area contributed by atoms with Crippen molar-refractivity contribution >= 4 is 23.5 Å². The van der Waals surface area contributed by atoms with Crippen LogP contribution in [0.25, 0.3) is 0 Å². The second kappa shape index (κ2) is 6.45. The second-order valence-corrected chi connectivity index (χ2v) is 3.38. The fourth-order valence-electron chi connectivity index (χ4n) is 0.940. The van der Waals surface area contributed by atoms with Crippen molar-refractivity contribution in [3.63, 3.8) is 0 Å². The molecule has 0 saturated heterocycles. The second-order valence-electron chi connectivity index (χ2n) is 2.73. The molecule has 0 aromatic rings. The fourth-order valence-corrected chi connectivity index (χ4v) is 1.16. The number of carbonyl (C=O) groups is 2. The standard InChI is InChI=1S/C10H15ClO4/c1-4-7-10(11,8(12)14-5-2)9(13)15-6-3/h4H,1,5-7H2,2-3H3. The van der Waals surface area contributed by atoms with E-state index in [1.165, 1.54) is 6.08 Å². The first kappa shape index (κ1) is 14.0. The zero-order chi connectivity index (χ0) is 11.9. The molecule has 0 rings (SSSR count). The van der Waals surface area contributed by atoms with E-state index in [0.717, 1.165) is 0 Å². The Balaban J connectivity index is 4.78. The van der Waals surface area contributed by atoms with E-state index in [1.807, 2.05) is 0 Å². The minimum Gasteiger partial charge on any atom is -0.464 e. The van der Waals surface area contributed by atoms with Gasteiger partial charge in [-0.1, -0.05) is 17.7 Å². The summed E-state index contributed by atoms with van der Waals surface area (Å²) in [6.45, 7) is 7.01. The van der Waals surface area contributed by atoms with Crippen molar-refractivity contribution in [1.29, 1.82) is 0 Å². The van der Waals surface area contributed by atoms with Crippen molar-refractivity contribution in [3.05, 3.63) is 12.7 Å². The van der Waals surface area contributed by atoms with Crippen molar-refractivity contribution in [2.45, 2.75) is 25.1 Å². The maximum Gasteiger partial charge on any atom is 0.339 e. The van der Waals surface area contributed by atoms with Gasteiger partial charge in [-0.2, -0.15) is 0 Å². The molecule has 15 heavy (non-hydrogen) atoms. The van der Waals surface area contributed by atoms with Gasteiger partial charge in [0.1, 0.15) is 0 Å². The molecular weight excluding hydrogens is 220 g/mol. The molecule has 0 N–H and O–H groups in total. The zero-order valence-corrected chi connectivity index (χ0v) is 9.67. The van der Waals surface area contributed by atoms with Crippen LogP contribution in [-0.4, -0.2) is 30.0 Å². The van der Waals surface area contributed by atoms with Crippen LogP contribution in [0.4, 0.5) is 0 Å². The Morgan fingerprint density at radius 2 is 1.67 bits per heavy atom. The first-order chi connectivity index (χ1) is 7.02. The van der Waals surface area contributed by atoms with Crippen LogP contribution in [0.5, 0.6) is 0 Å². The number of alkyl halides is 1. The predicted molar refractivity (Wildman–Crippen MR) is 56.7 cm³/mol. The van der Waals surface area contributed by atoms with Gasteiger partial charge in [-0.15, -0.1) is 6.58 Å². The number of halogens is 1. The molecule has 0 atom stereocenters. The number of esters is 2. The molecule has 0 spiro atoms. The summed E-state index contributed by atoms with van der Waals surface area (Å²) in [7, 11) is 0. The lowest BCUT2D eigenvalue weighted by Crippen LogP contribution is -2.43. The Morgan fingerprint density at radius 3 is 1.93 bits per heavy atom. The molecule has 0 radical (unpaired) electrons. The van der Waals surface area contributed by atoms with Crippen LogP contribution in [0.2, 0.25) is 0 Å². The highest BCUT2D eigenvalue weighted by molar-refractivity contribution is 6.44. The van der Waals surface area contributed by atoms with Crippen LogP contribution in [-0.2, 0) is 19.1 Å². The average Bonchev–Trinajstić information content (AvgIpc) is 2.18. The molecule has 86 valence electrons. The van der Waals surface area contributed by atoms with Crippen LogP contribution in [0.15, 0.2) is 12.7 Å². The topological polar surface area (TPSA) is 52.6 Å². The molecule has 0 aromatic heterocycles. The molecule has 4 nitrogen and oxygen atoms in total. The van der Waals surface area contributed by atoms with E-state index in [-0.39, 0.29) is 19.6 Å². The predicted octanol–water partition coefficient (Wildman–Crippen LogP) is 1.67. The van der Waals surface area contributed by atoms with E-state index in [2.05, 4.69) is 6.58 Å². The maximum atomic E-state index is 11.5. The van der Waals surface area contributed by atoms with Gasteiger partial charge in [0.15, 0.2) is 0 Å². The quantitative estimate of drug-likeness (QED) is 0.304. The Hall–Kier alpha value is -1.03. The molecule has 0 unspecified atom stereocenters. The molecule has 0 aliphatic rings. The van der Waals surface area contributed by atoms with E-state index in [1.54, 1.807) is 13.8 Å². The van der Waals surface area contributed by atoms with Crippen molar-refractivity contribution in [1.82, 2.24) is 0 Å². The minimum absolute atomic E-state index is 0.0216. The van der Waals surface area contributed by atoms with Gasteiger partial charge in [0.05, 0.1) is 13.2 Å². The lowest BCUT2D eigenvalue weighted by atomic mass is 10.1. The maximum absolute atomic E-state index is 11.5. The van der Waals surface area contributed by atoms with E-state index in [4.69, 9.17) is 21.1 Å². The third kappa shape index (κ3) is 3.55. The monoisotopic (exact) mass is 234 g/mol. The van der Waals surface area contributed by atoms with Gasteiger partial charge in [0.25, 0.3) is 0 Å². The lowest BCUT2D eigenvalue weighted by Gasteiger charge is -2.20. The van der Waals surface area contributed by atoms with Gasteiger partial charge in [-0.05, 0) is 13.8 Å². The van der Waals surface area contributed by atoms with Gasteiger partial charge in [0, 0.05) is 6.42 Å². The molecule has 0 aromatic carbocycles.